The average Bonchev–Trinajstić information content (AvgIpc) is 3.18. The van der Waals surface area contributed by atoms with Gasteiger partial charge in [0, 0.05) is 22.0 Å². The van der Waals surface area contributed by atoms with Gasteiger partial charge < -0.3 is 4.74 Å². The maximum atomic E-state index is 12.3. The van der Waals surface area contributed by atoms with E-state index in [2.05, 4.69) is 32.2 Å². The zero-order valence-corrected chi connectivity index (χ0v) is 20.4. The summed E-state index contributed by atoms with van der Waals surface area (Å²) in [6, 6.07) is 10.7. The fourth-order valence-corrected chi connectivity index (χ4v) is 3.45. The second-order valence-corrected chi connectivity index (χ2v) is 8.82. The zero-order chi connectivity index (χ0) is 24.8. The largest absolute Gasteiger partial charge is 0.455 e. The minimum Gasteiger partial charge on any atom is -0.455 e. The van der Waals surface area contributed by atoms with E-state index in [0.29, 0.717) is 5.56 Å². The number of hydrogen-bond acceptors (Lipinski definition) is 6. The highest BCUT2D eigenvalue weighted by Crippen LogP contribution is 2.23. The van der Waals surface area contributed by atoms with Gasteiger partial charge in [-0.1, -0.05) is 39.1 Å². The van der Waals surface area contributed by atoms with Gasteiger partial charge in [0.15, 0.2) is 6.61 Å². The molecule has 1 heterocycles. The maximum absolute atomic E-state index is 12.3. The molecule has 3 N–H and O–H groups in total. The molecule has 1 atom stereocenters. The van der Waals surface area contributed by atoms with E-state index in [9.17, 15) is 24.0 Å². The number of carbonyl (C=O) groups is 5. The summed E-state index contributed by atoms with van der Waals surface area (Å²) < 4.78 is 5.71. The van der Waals surface area contributed by atoms with Crippen molar-refractivity contribution >= 4 is 68.7 Å². The molecule has 0 spiro atoms. The van der Waals surface area contributed by atoms with Gasteiger partial charge in [0.1, 0.15) is 0 Å². The van der Waals surface area contributed by atoms with Crippen LogP contribution >= 0.6 is 39.1 Å². The van der Waals surface area contributed by atoms with Crippen molar-refractivity contribution in [3.05, 3.63) is 68.1 Å². The number of benzene rings is 2. The van der Waals surface area contributed by atoms with Crippen molar-refractivity contribution in [1.29, 1.82) is 0 Å². The van der Waals surface area contributed by atoms with Gasteiger partial charge in [0.2, 0.25) is 5.91 Å². The summed E-state index contributed by atoms with van der Waals surface area (Å²) in [4.78, 5) is 60.6. The third-order valence-electron chi connectivity index (χ3n) is 4.64. The lowest BCUT2D eigenvalue weighted by Crippen LogP contribution is -2.44. The molecule has 0 aromatic heterocycles. The van der Waals surface area contributed by atoms with Crippen molar-refractivity contribution in [1.82, 2.24) is 21.3 Å². The summed E-state index contributed by atoms with van der Waals surface area (Å²) in [5.74, 6) is -4.11. The first-order valence-corrected chi connectivity index (χ1v) is 11.3. The molecule has 178 valence electrons. The van der Waals surface area contributed by atoms with E-state index in [1.807, 2.05) is 0 Å². The Labute approximate surface area is 212 Å². The number of halogens is 3. The SMILES string of the molecule is O=C(COC(=O)[C@H]1CC(=O)N(NC(=O)c2ccc(Cl)c(Cl)c2)C1)NNC(=O)c1ccc(Br)cc1. The topological polar surface area (TPSA) is 134 Å². The van der Waals surface area contributed by atoms with Crippen LogP contribution in [0.4, 0.5) is 0 Å². The van der Waals surface area contributed by atoms with Crippen LogP contribution in [0.1, 0.15) is 27.1 Å². The first kappa shape index (κ1) is 25.5. The van der Waals surface area contributed by atoms with Gasteiger partial charge in [0.25, 0.3) is 17.7 Å². The summed E-state index contributed by atoms with van der Waals surface area (Å²) in [5.41, 5.74) is 7.22. The molecular formula is C21H17BrCl2N4O6. The van der Waals surface area contributed by atoms with Crippen LogP contribution in [-0.4, -0.2) is 47.8 Å². The maximum Gasteiger partial charge on any atom is 0.311 e. The predicted octanol–water partition coefficient (Wildman–Crippen LogP) is 2.25. The molecular weight excluding hydrogens is 555 g/mol. The molecule has 3 rings (SSSR count). The van der Waals surface area contributed by atoms with E-state index in [-0.39, 0.29) is 28.6 Å². The zero-order valence-electron chi connectivity index (χ0n) is 17.3. The van der Waals surface area contributed by atoms with Crippen molar-refractivity contribution in [2.45, 2.75) is 6.42 Å². The Bertz CT molecular complexity index is 1140. The monoisotopic (exact) mass is 570 g/mol. The van der Waals surface area contributed by atoms with E-state index < -0.39 is 42.1 Å². The number of nitrogens with zero attached hydrogens (tertiary/aromatic N) is 1. The van der Waals surface area contributed by atoms with Gasteiger partial charge in [-0.05, 0) is 42.5 Å². The van der Waals surface area contributed by atoms with Crippen molar-refractivity contribution in [2.75, 3.05) is 13.2 Å². The molecule has 13 heteroatoms. The molecule has 0 saturated carbocycles. The first-order valence-electron chi connectivity index (χ1n) is 9.72. The highest BCUT2D eigenvalue weighted by Gasteiger charge is 2.36. The second kappa shape index (κ2) is 11.3. The van der Waals surface area contributed by atoms with Crippen LogP contribution < -0.4 is 16.3 Å². The molecule has 0 unspecified atom stereocenters. The molecule has 1 aliphatic rings. The lowest BCUT2D eigenvalue weighted by Gasteiger charge is -2.17. The third-order valence-corrected chi connectivity index (χ3v) is 5.91. The normalized spacial score (nSPS) is 15.0. The fraction of sp³-hybridized carbons (Fsp3) is 0.190. The van der Waals surface area contributed by atoms with Crippen molar-refractivity contribution in [3.63, 3.8) is 0 Å². The second-order valence-electron chi connectivity index (χ2n) is 7.09. The summed E-state index contributed by atoms with van der Waals surface area (Å²) in [6.45, 7) is -0.799. The fourth-order valence-electron chi connectivity index (χ4n) is 2.89. The quantitative estimate of drug-likeness (QED) is 0.360. The van der Waals surface area contributed by atoms with Crippen LogP contribution in [0.2, 0.25) is 10.0 Å². The highest BCUT2D eigenvalue weighted by atomic mass is 79.9. The molecule has 2 aromatic carbocycles. The van der Waals surface area contributed by atoms with Crippen LogP contribution in [-0.2, 0) is 19.1 Å². The smallest absolute Gasteiger partial charge is 0.311 e. The van der Waals surface area contributed by atoms with E-state index in [0.717, 1.165) is 9.48 Å². The van der Waals surface area contributed by atoms with Gasteiger partial charge in [-0.2, -0.15) is 0 Å². The summed E-state index contributed by atoms with van der Waals surface area (Å²) >= 11 is 15.0. The molecule has 1 saturated heterocycles. The van der Waals surface area contributed by atoms with Crippen LogP contribution in [0.25, 0.3) is 0 Å². The minimum atomic E-state index is -0.883. The number of amides is 4. The number of nitrogens with one attached hydrogen (secondary N) is 3. The van der Waals surface area contributed by atoms with E-state index in [1.165, 1.54) is 18.2 Å². The van der Waals surface area contributed by atoms with Crippen LogP contribution in [0.3, 0.4) is 0 Å². The van der Waals surface area contributed by atoms with E-state index in [1.54, 1.807) is 24.3 Å². The summed E-state index contributed by atoms with van der Waals surface area (Å²) in [7, 11) is 0. The molecule has 1 aliphatic heterocycles. The molecule has 1 fully saturated rings. The molecule has 10 nitrogen and oxygen atoms in total. The summed E-state index contributed by atoms with van der Waals surface area (Å²) in [6.07, 6.45) is -0.206. The number of rotatable bonds is 6. The molecule has 0 aliphatic carbocycles. The minimum absolute atomic E-state index is 0.132. The first-order chi connectivity index (χ1) is 16.1. The number of carbonyl (C=O) groups excluding carboxylic acids is 5. The van der Waals surface area contributed by atoms with Crippen LogP contribution in [0, 0.1) is 5.92 Å². The standard InChI is InChI=1S/C21H17BrCl2N4O6/c22-14-4-1-11(2-5-14)19(31)26-25-17(29)10-34-21(33)13-8-18(30)28(9-13)27-20(32)12-3-6-15(23)16(24)7-12/h1-7,13H,8-10H2,(H,25,29)(H,26,31)(H,27,32)/t13-/m0/s1. The molecule has 0 radical (unpaired) electrons. The van der Waals surface area contributed by atoms with Gasteiger partial charge in [-0.15, -0.1) is 0 Å². The average molecular weight is 572 g/mol. The Kier molecular flexibility index (Phi) is 8.48. The Morgan fingerprint density at radius 3 is 2.32 bits per heavy atom. The Balaban J connectivity index is 1.43. The number of hydrogen-bond donors (Lipinski definition) is 3. The van der Waals surface area contributed by atoms with Gasteiger partial charge in [-0.25, -0.2) is 0 Å². The van der Waals surface area contributed by atoms with Gasteiger partial charge in [-0.3, -0.25) is 45.3 Å². The van der Waals surface area contributed by atoms with E-state index >= 15 is 0 Å². The lowest BCUT2D eigenvalue weighted by atomic mass is 10.1. The molecule has 4 amide bonds. The number of hydrazine groups is 2. The number of ether oxygens (including phenoxy) is 1. The summed E-state index contributed by atoms with van der Waals surface area (Å²) in [5, 5.41) is 1.44. The van der Waals surface area contributed by atoms with Crippen LogP contribution in [0.5, 0.6) is 0 Å². The van der Waals surface area contributed by atoms with Crippen molar-refractivity contribution in [3.8, 4) is 0 Å². The van der Waals surface area contributed by atoms with Crippen molar-refractivity contribution in [2.24, 2.45) is 5.92 Å². The number of esters is 1. The van der Waals surface area contributed by atoms with Crippen molar-refractivity contribution < 1.29 is 28.7 Å². The lowest BCUT2D eigenvalue weighted by molar-refractivity contribution is -0.152. The Morgan fingerprint density at radius 1 is 0.971 bits per heavy atom. The third kappa shape index (κ3) is 6.69. The van der Waals surface area contributed by atoms with Gasteiger partial charge >= 0.3 is 5.97 Å². The molecule has 2 aromatic rings. The Morgan fingerprint density at radius 2 is 1.65 bits per heavy atom. The van der Waals surface area contributed by atoms with Crippen LogP contribution in [0.15, 0.2) is 46.9 Å². The molecule has 34 heavy (non-hydrogen) atoms. The molecule has 0 bridgehead atoms. The Hall–Kier alpha value is -3.15. The van der Waals surface area contributed by atoms with E-state index in [4.69, 9.17) is 27.9 Å². The predicted molar refractivity (Wildman–Crippen MR) is 124 cm³/mol. The highest BCUT2D eigenvalue weighted by molar-refractivity contribution is 9.10. The van der Waals surface area contributed by atoms with Gasteiger partial charge in [0.05, 0.1) is 22.5 Å².